The summed E-state index contributed by atoms with van der Waals surface area (Å²) >= 11 is 0. The number of esters is 2. The Morgan fingerprint density at radius 2 is 1.78 bits per heavy atom. The number of amides is 1. The van der Waals surface area contributed by atoms with E-state index in [1.807, 2.05) is 0 Å². The molecular formula is C15H25NO7. The molecule has 0 aromatic heterocycles. The molecule has 8 nitrogen and oxygen atoms in total. The Kier molecular flexibility index (Phi) is 8.57. The summed E-state index contributed by atoms with van der Waals surface area (Å²) in [6.07, 6.45) is 1.88. The van der Waals surface area contributed by atoms with Gasteiger partial charge < -0.3 is 23.8 Å². The van der Waals surface area contributed by atoms with Crippen molar-refractivity contribution in [3.63, 3.8) is 0 Å². The van der Waals surface area contributed by atoms with E-state index in [4.69, 9.17) is 18.9 Å². The largest absolute Gasteiger partial charge is 0.464 e. The van der Waals surface area contributed by atoms with E-state index in [-0.39, 0.29) is 25.9 Å². The molecule has 8 heteroatoms. The lowest BCUT2D eigenvalue weighted by atomic mass is 10.2. The highest BCUT2D eigenvalue weighted by atomic mass is 16.6. The Balaban J connectivity index is 2.55. The maximum Gasteiger partial charge on any atom is 0.340 e. The first-order valence-electron chi connectivity index (χ1n) is 7.79. The van der Waals surface area contributed by atoms with Gasteiger partial charge in [0.15, 0.2) is 0 Å². The monoisotopic (exact) mass is 331 g/mol. The van der Waals surface area contributed by atoms with Crippen molar-refractivity contribution in [2.45, 2.75) is 38.8 Å². The Morgan fingerprint density at radius 3 is 2.26 bits per heavy atom. The van der Waals surface area contributed by atoms with E-state index in [1.54, 1.807) is 13.8 Å². The lowest BCUT2D eigenvalue weighted by molar-refractivity contribution is -0.167. The van der Waals surface area contributed by atoms with Gasteiger partial charge in [-0.15, -0.1) is 0 Å². The fourth-order valence-electron chi connectivity index (χ4n) is 2.15. The van der Waals surface area contributed by atoms with Gasteiger partial charge in [0.1, 0.15) is 6.61 Å². The maximum atomic E-state index is 12.1. The molecule has 23 heavy (non-hydrogen) atoms. The first-order chi connectivity index (χ1) is 11.0. The van der Waals surface area contributed by atoms with Crippen LogP contribution in [0.1, 0.15) is 26.7 Å². The number of likely N-dealkylation sites (N-methyl/N-ethyl adjacent to an activating group) is 1. The minimum atomic E-state index is -1.42. The normalized spacial score (nSPS) is 17.1. The summed E-state index contributed by atoms with van der Waals surface area (Å²) in [5, 5.41) is 0. The summed E-state index contributed by atoms with van der Waals surface area (Å²) in [5.74, 6) is -2.14. The van der Waals surface area contributed by atoms with Crippen molar-refractivity contribution < 1.29 is 33.3 Å². The lowest BCUT2D eigenvalue weighted by Gasteiger charge is -2.24. The summed E-state index contributed by atoms with van der Waals surface area (Å²) < 4.78 is 20.4. The Bertz CT molecular complexity index is 389. The second-order valence-corrected chi connectivity index (χ2v) is 5.06. The number of nitrogens with zero attached hydrogens (tertiary/aromatic N) is 1. The number of hydrogen-bond acceptors (Lipinski definition) is 7. The van der Waals surface area contributed by atoms with Crippen LogP contribution in [0, 0.1) is 0 Å². The molecule has 0 aliphatic carbocycles. The summed E-state index contributed by atoms with van der Waals surface area (Å²) in [5.41, 5.74) is 0. The lowest BCUT2D eigenvalue weighted by Crippen LogP contribution is -2.50. The first-order valence-corrected chi connectivity index (χ1v) is 7.79. The molecule has 1 atom stereocenters. The van der Waals surface area contributed by atoms with Crippen LogP contribution in [0.5, 0.6) is 0 Å². The van der Waals surface area contributed by atoms with Crippen LogP contribution in [0.4, 0.5) is 0 Å². The molecule has 0 N–H and O–H groups in total. The summed E-state index contributed by atoms with van der Waals surface area (Å²) in [4.78, 5) is 36.9. The van der Waals surface area contributed by atoms with Gasteiger partial charge in [0.25, 0.3) is 0 Å². The first kappa shape index (κ1) is 19.4. The highest BCUT2D eigenvalue weighted by Crippen LogP contribution is 2.12. The number of ether oxygens (including phenoxy) is 4. The maximum absolute atomic E-state index is 12.1. The van der Waals surface area contributed by atoms with Crippen molar-refractivity contribution in [1.82, 2.24) is 4.90 Å². The molecule has 1 aliphatic heterocycles. The van der Waals surface area contributed by atoms with Gasteiger partial charge in [0.2, 0.25) is 11.9 Å². The van der Waals surface area contributed by atoms with Crippen LogP contribution in [0.2, 0.25) is 0 Å². The van der Waals surface area contributed by atoms with Gasteiger partial charge in [-0.25, -0.2) is 9.59 Å². The van der Waals surface area contributed by atoms with E-state index in [0.29, 0.717) is 13.2 Å². The molecule has 1 heterocycles. The SMILES string of the molecule is CCOC(=O)C(C(=O)OCC)N(C)C(=O)COCC1CCCO1. The van der Waals surface area contributed by atoms with Crippen LogP contribution in [0.25, 0.3) is 0 Å². The highest BCUT2D eigenvalue weighted by molar-refractivity contribution is 6.02. The van der Waals surface area contributed by atoms with E-state index in [2.05, 4.69) is 0 Å². The van der Waals surface area contributed by atoms with Crippen LogP contribution < -0.4 is 0 Å². The predicted octanol–water partition coefficient (Wildman–Crippen LogP) is 0.135. The van der Waals surface area contributed by atoms with E-state index in [9.17, 15) is 14.4 Å². The smallest absolute Gasteiger partial charge is 0.340 e. The second-order valence-electron chi connectivity index (χ2n) is 5.06. The van der Waals surface area contributed by atoms with Crippen LogP contribution in [0.3, 0.4) is 0 Å². The third kappa shape index (κ3) is 6.15. The number of rotatable bonds is 9. The minimum absolute atomic E-state index is 0.000911. The third-order valence-electron chi connectivity index (χ3n) is 3.35. The van der Waals surface area contributed by atoms with Crippen LogP contribution in [0.15, 0.2) is 0 Å². The Hall–Kier alpha value is -1.67. The van der Waals surface area contributed by atoms with Gasteiger partial charge in [-0.3, -0.25) is 4.79 Å². The van der Waals surface area contributed by atoms with Crippen molar-refractivity contribution >= 4 is 17.8 Å². The van der Waals surface area contributed by atoms with Crippen molar-refractivity contribution in [3.05, 3.63) is 0 Å². The molecule has 132 valence electrons. The van der Waals surface area contributed by atoms with Crippen LogP contribution in [-0.2, 0) is 33.3 Å². The number of hydrogen-bond donors (Lipinski definition) is 0. The zero-order chi connectivity index (χ0) is 17.2. The standard InChI is InChI=1S/C15H25NO7/c1-4-21-14(18)13(15(19)22-5-2)16(3)12(17)10-20-9-11-7-6-8-23-11/h11,13H,4-10H2,1-3H3. The van der Waals surface area contributed by atoms with Gasteiger partial charge in [-0.2, -0.15) is 0 Å². The molecule has 1 unspecified atom stereocenters. The topological polar surface area (TPSA) is 91.4 Å². The molecule has 1 rings (SSSR count). The van der Waals surface area contributed by atoms with Crippen molar-refractivity contribution in [3.8, 4) is 0 Å². The molecule has 1 fully saturated rings. The summed E-state index contributed by atoms with van der Waals surface area (Å²) in [6.45, 7) is 4.21. The van der Waals surface area contributed by atoms with Crippen LogP contribution >= 0.6 is 0 Å². The molecule has 0 spiro atoms. The van der Waals surface area contributed by atoms with Gasteiger partial charge in [-0.05, 0) is 26.7 Å². The average Bonchev–Trinajstić information content (AvgIpc) is 3.01. The van der Waals surface area contributed by atoms with E-state index in [0.717, 1.165) is 17.7 Å². The zero-order valence-corrected chi connectivity index (χ0v) is 13.9. The zero-order valence-electron chi connectivity index (χ0n) is 13.9. The van der Waals surface area contributed by atoms with Gasteiger partial charge in [0.05, 0.1) is 25.9 Å². The Morgan fingerprint density at radius 1 is 1.17 bits per heavy atom. The quantitative estimate of drug-likeness (QED) is 0.438. The highest BCUT2D eigenvalue weighted by Gasteiger charge is 2.36. The van der Waals surface area contributed by atoms with Crippen molar-refractivity contribution in [2.24, 2.45) is 0 Å². The van der Waals surface area contributed by atoms with Gasteiger partial charge >= 0.3 is 11.9 Å². The molecule has 1 saturated heterocycles. The van der Waals surface area contributed by atoms with Crippen molar-refractivity contribution in [2.75, 3.05) is 40.1 Å². The van der Waals surface area contributed by atoms with Crippen LogP contribution in [-0.4, -0.2) is 75.0 Å². The predicted molar refractivity (Wildman–Crippen MR) is 79.6 cm³/mol. The molecule has 0 aromatic carbocycles. The third-order valence-corrected chi connectivity index (χ3v) is 3.35. The molecule has 1 aliphatic rings. The molecule has 0 radical (unpaired) electrons. The molecule has 0 aromatic rings. The molecule has 1 amide bonds. The average molecular weight is 331 g/mol. The second kappa shape index (κ2) is 10.2. The molecule has 0 saturated carbocycles. The molecule has 0 bridgehead atoms. The van der Waals surface area contributed by atoms with Gasteiger partial charge in [-0.1, -0.05) is 0 Å². The fraction of sp³-hybridized carbons (Fsp3) is 0.800. The van der Waals surface area contributed by atoms with E-state index >= 15 is 0 Å². The number of carbonyl (C=O) groups is 3. The van der Waals surface area contributed by atoms with E-state index < -0.39 is 23.9 Å². The molecular weight excluding hydrogens is 306 g/mol. The summed E-state index contributed by atoms with van der Waals surface area (Å²) in [7, 11) is 1.34. The Labute approximate surface area is 136 Å². The van der Waals surface area contributed by atoms with Gasteiger partial charge in [0, 0.05) is 13.7 Å². The van der Waals surface area contributed by atoms with Crippen molar-refractivity contribution in [1.29, 1.82) is 0 Å². The minimum Gasteiger partial charge on any atom is -0.464 e. The summed E-state index contributed by atoms with van der Waals surface area (Å²) in [6, 6.07) is -1.42. The van der Waals surface area contributed by atoms with E-state index in [1.165, 1.54) is 7.05 Å². The number of carbonyl (C=O) groups excluding carboxylic acids is 3. The fourth-order valence-corrected chi connectivity index (χ4v) is 2.15.